The van der Waals surface area contributed by atoms with Crippen molar-refractivity contribution in [3.8, 4) is 0 Å². The summed E-state index contributed by atoms with van der Waals surface area (Å²) in [5.41, 5.74) is 1.17. The Morgan fingerprint density at radius 1 is 1.16 bits per heavy atom. The van der Waals surface area contributed by atoms with E-state index < -0.39 is 0 Å². The van der Waals surface area contributed by atoms with Gasteiger partial charge in [-0.2, -0.15) is 0 Å². The number of hydrogen-bond donors (Lipinski definition) is 0. The van der Waals surface area contributed by atoms with Gasteiger partial charge in [0.25, 0.3) is 0 Å². The van der Waals surface area contributed by atoms with Crippen LogP contribution < -0.4 is 0 Å². The number of amides is 1. The molecule has 1 aromatic carbocycles. The van der Waals surface area contributed by atoms with Crippen molar-refractivity contribution in [2.24, 2.45) is 0 Å². The molecular weight excluding hydrogens is 240 g/mol. The summed E-state index contributed by atoms with van der Waals surface area (Å²) in [6, 6.07) is 10.6. The SMILES string of the molecule is CN1CCC(N2C(=O)OC[C@H]2c2ccccc2)CC1. The summed E-state index contributed by atoms with van der Waals surface area (Å²) in [6.07, 6.45) is 1.92. The molecule has 0 N–H and O–H groups in total. The van der Waals surface area contributed by atoms with Crippen molar-refractivity contribution < 1.29 is 9.53 Å². The predicted octanol–water partition coefficient (Wildman–Crippen LogP) is 2.27. The summed E-state index contributed by atoms with van der Waals surface area (Å²) in [7, 11) is 2.13. The molecule has 4 heteroatoms. The second-order valence-corrected chi connectivity index (χ2v) is 5.45. The minimum absolute atomic E-state index is 0.0853. The van der Waals surface area contributed by atoms with Crippen molar-refractivity contribution in [1.29, 1.82) is 0 Å². The van der Waals surface area contributed by atoms with E-state index in [1.54, 1.807) is 0 Å². The lowest BCUT2D eigenvalue weighted by molar-refractivity contribution is 0.115. The largest absolute Gasteiger partial charge is 0.447 e. The number of hydrogen-bond acceptors (Lipinski definition) is 3. The van der Waals surface area contributed by atoms with Crippen LogP contribution >= 0.6 is 0 Å². The number of rotatable bonds is 2. The molecule has 0 aromatic heterocycles. The molecular formula is C15H20N2O2. The highest BCUT2D eigenvalue weighted by Crippen LogP contribution is 2.32. The van der Waals surface area contributed by atoms with Gasteiger partial charge in [-0.15, -0.1) is 0 Å². The average Bonchev–Trinajstić information content (AvgIpc) is 2.83. The van der Waals surface area contributed by atoms with Crippen molar-refractivity contribution in [2.45, 2.75) is 24.9 Å². The Morgan fingerprint density at radius 3 is 2.53 bits per heavy atom. The summed E-state index contributed by atoms with van der Waals surface area (Å²) in [6.45, 7) is 2.58. The van der Waals surface area contributed by atoms with E-state index in [0.29, 0.717) is 12.6 Å². The number of cyclic esters (lactones) is 1. The number of likely N-dealkylation sites (tertiary alicyclic amines) is 1. The second-order valence-electron chi connectivity index (χ2n) is 5.45. The van der Waals surface area contributed by atoms with Crippen LogP contribution in [0.15, 0.2) is 30.3 Å². The highest BCUT2D eigenvalue weighted by Gasteiger charge is 2.39. The van der Waals surface area contributed by atoms with Crippen LogP contribution in [0.1, 0.15) is 24.4 Å². The summed E-state index contributed by atoms with van der Waals surface area (Å²) in [5, 5.41) is 0. The van der Waals surface area contributed by atoms with Crippen LogP contribution in [-0.2, 0) is 4.74 Å². The zero-order valence-corrected chi connectivity index (χ0v) is 11.3. The van der Waals surface area contributed by atoms with Crippen molar-refractivity contribution in [1.82, 2.24) is 9.80 Å². The van der Waals surface area contributed by atoms with E-state index in [0.717, 1.165) is 25.9 Å². The maximum absolute atomic E-state index is 12.0. The summed E-state index contributed by atoms with van der Waals surface area (Å²) < 4.78 is 5.29. The summed E-state index contributed by atoms with van der Waals surface area (Å²) >= 11 is 0. The van der Waals surface area contributed by atoms with Crippen LogP contribution in [0.4, 0.5) is 4.79 Å². The first-order valence-electron chi connectivity index (χ1n) is 6.94. The van der Waals surface area contributed by atoms with Gasteiger partial charge in [-0.3, -0.25) is 4.90 Å². The monoisotopic (exact) mass is 260 g/mol. The minimum atomic E-state index is -0.150. The highest BCUT2D eigenvalue weighted by atomic mass is 16.6. The standard InChI is InChI=1S/C15H20N2O2/c1-16-9-7-13(8-10-16)17-14(11-19-15(17)18)12-5-3-2-4-6-12/h2-6,13-14H,7-11H2,1H3/t14-/m0/s1. The van der Waals surface area contributed by atoms with Crippen molar-refractivity contribution >= 4 is 6.09 Å². The zero-order valence-electron chi connectivity index (χ0n) is 11.3. The van der Waals surface area contributed by atoms with Gasteiger partial charge < -0.3 is 9.64 Å². The highest BCUT2D eigenvalue weighted by molar-refractivity contribution is 5.71. The molecule has 4 nitrogen and oxygen atoms in total. The molecule has 1 atom stereocenters. The van der Waals surface area contributed by atoms with E-state index in [2.05, 4.69) is 24.1 Å². The van der Waals surface area contributed by atoms with Crippen LogP contribution in [-0.4, -0.2) is 48.7 Å². The van der Waals surface area contributed by atoms with Gasteiger partial charge in [-0.1, -0.05) is 30.3 Å². The van der Waals surface area contributed by atoms with Crippen LogP contribution in [0.3, 0.4) is 0 Å². The number of ether oxygens (including phenoxy) is 1. The van der Waals surface area contributed by atoms with E-state index in [4.69, 9.17) is 4.74 Å². The van der Waals surface area contributed by atoms with Crippen LogP contribution in [0.25, 0.3) is 0 Å². The van der Waals surface area contributed by atoms with Gasteiger partial charge in [0.2, 0.25) is 0 Å². The molecule has 19 heavy (non-hydrogen) atoms. The van der Waals surface area contributed by atoms with E-state index in [1.165, 1.54) is 5.56 Å². The number of nitrogens with zero attached hydrogens (tertiary/aromatic N) is 2. The van der Waals surface area contributed by atoms with Gasteiger partial charge in [0, 0.05) is 6.04 Å². The molecule has 0 unspecified atom stereocenters. The quantitative estimate of drug-likeness (QED) is 0.818. The van der Waals surface area contributed by atoms with E-state index in [9.17, 15) is 4.79 Å². The average molecular weight is 260 g/mol. The molecule has 102 valence electrons. The summed E-state index contributed by atoms with van der Waals surface area (Å²) in [5.74, 6) is 0. The molecule has 2 aliphatic rings. The number of piperidine rings is 1. The van der Waals surface area contributed by atoms with Gasteiger partial charge in [0.05, 0.1) is 6.04 Å². The topological polar surface area (TPSA) is 32.8 Å². The molecule has 1 aromatic rings. The Balaban J connectivity index is 1.79. The molecule has 0 spiro atoms. The number of carbonyl (C=O) groups is 1. The fourth-order valence-corrected chi connectivity index (χ4v) is 3.04. The van der Waals surface area contributed by atoms with Gasteiger partial charge in [0.15, 0.2) is 0 Å². The zero-order chi connectivity index (χ0) is 13.2. The fraction of sp³-hybridized carbons (Fsp3) is 0.533. The van der Waals surface area contributed by atoms with Crippen molar-refractivity contribution in [3.05, 3.63) is 35.9 Å². The van der Waals surface area contributed by atoms with Gasteiger partial charge in [-0.05, 0) is 38.5 Å². The van der Waals surface area contributed by atoms with Gasteiger partial charge in [0.1, 0.15) is 6.61 Å². The van der Waals surface area contributed by atoms with E-state index in [1.807, 2.05) is 23.1 Å². The molecule has 0 saturated carbocycles. The normalized spacial score (nSPS) is 25.6. The minimum Gasteiger partial charge on any atom is -0.447 e. The Kier molecular flexibility index (Phi) is 3.42. The maximum atomic E-state index is 12.0. The van der Waals surface area contributed by atoms with E-state index in [-0.39, 0.29) is 12.1 Å². The lowest BCUT2D eigenvalue weighted by Crippen LogP contribution is -2.45. The third kappa shape index (κ3) is 2.45. The molecule has 0 bridgehead atoms. The van der Waals surface area contributed by atoms with Crippen LogP contribution in [0.2, 0.25) is 0 Å². The Labute approximate surface area is 113 Å². The first-order valence-corrected chi connectivity index (χ1v) is 6.94. The Bertz CT molecular complexity index is 441. The maximum Gasteiger partial charge on any atom is 0.410 e. The summed E-state index contributed by atoms with van der Waals surface area (Å²) in [4.78, 5) is 16.3. The van der Waals surface area contributed by atoms with Crippen molar-refractivity contribution in [2.75, 3.05) is 26.7 Å². The second kappa shape index (κ2) is 5.21. The molecule has 0 aliphatic carbocycles. The lowest BCUT2D eigenvalue weighted by Gasteiger charge is -2.36. The molecule has 0 radical (unpaired) electrons. The Morgan fingerprint density at radius 2 is 1.84 bits per heavy atom. The number of carbonyl (C=O) groups excluding carboxylic acids is 1. The smallest absolute Gasteiger partial charge is 0.410 e. The molecule has 2 fully saturated rings. The third-order valence-electron chi connectivity index (χ3n) is 4.18. The molecule has 1 amide bonds. The van der Waals surface area contributed by atoms with Gasteiger partial charge in [-0.25, -0.2) is 4.79 Å². The molecule has 2 saturated heterocycles. The van der Waals surface area contributed by atoms with Crippen LogP contribution in [0.5, 0.6) is 0 Å². The fourth-order valence-electron chi connectivity index (χ4n) is 3.04. The lowest BCUT2D eigenvalue weighted by atomic mass is 9.99. The molecule has 2 aliphatic heterocycles. The molecule has 2 heterocycles. The van der Waals surface area contributed by atoms with Crippen molar-refractivity contribution in [3.63, 3.8) is 0 Å². The molecule has 3 rings (SSSR count). The Hall–Kier alpha value is -1.55. The first-order chi connectivity index (χ1) is 9.25. The van der Waals surface area contributed by atoms with Crippen LogP contribution in [0, 0.1) is 0 Å². The van der Waals surface area contributed by atoms with Gasteiger partial charge >= 0.3 is 6.09 Å². The number of benzene rings is 1. The predicted molar refractivity (Wildman–Crippen MR) is 72.9 cm³/mol. The third-order valence-corrected chi connectivity index (χ3v) is 4.18. The van der Waals surface area contributed by atoms with E-state index >= 15 is 0 Å². The first kappa shape index (κ1) is 12.5.